The number of hydrogen-bond acceptors (Lipinski definition) is 5. The Balaban J connectivity index is 2.67. The summed E-state index contributed by atoms with van der Waals surface area (Å²) in [6.07, 6.45) is 3.05. The van der Waals surface area contributed by atoms with E-state index in [0.29, 0.717) is 6.42 Å². The third-order valence-electron chi connectivity index (χ3n) is 2.16. The number of carbonyl (C=O) groups excluding carboxylic acids is 1. The molecule has 0 aliphatic heterocycles. The van der Waals surface area contributed by atoms with Gasteiger partial charge in [-0.1, -0.05) is 6.92 Å². The highest BCUT2D eigenvalue weighted by Crippen LogP contribution is 2.04. The third kappa shape index (κ3) is 3.37. The highest BCUT2D eigenvalue weighted by atomic mass is 16.4. The van der Waals surface area contributed by atoms with E-state index in [-0.39, 0.29) is 5.95 Å². The van der Waals surface area contributed by atoms with Gasteiger partial charge in [0.25, 0.3) is 5.95 Å². The van der Waals surface area contributed by atoms with Crippen molar-refractivity contribution in [1.82, 2.24) is 20.1 Å². The van der Waals surface area contributed by atoms with E-state index in [9.17, 15) is 9.59 Å². The van der Waals surface area contributed by atoms with Crippen molar-refractivity contribution < 1.29 is 14.7 Å². The molecule has 0 aromatic carbocycles. The first kappa shape index (κ1) is 12.8. The number of carboxylic acid groups (broad SMARTS) is 1. The Kier molecular flexibility index (Phi) is 4.32. The number of nitrogens with zero attached hydrogens (tertiary/aromatic N) is 4. The average molecular weight is 239 g/mol. The average Bonchev–Trinajstić information content (AvgIpc) is 2.30. The first-order chi connectivity index (χ1) is 8.06. The van der Waals surface area contributed by atoms with Crippen molar-refractivity contribution in [2.45, 2.75) is 19.4 Å². The van der Waals surface area contributed by atoms with Gasteiger partial charge in [0, 0.05) is 7.05 Å². The van der Waals surface area contributed by atoms with E-state index in [0.717, 1.165) is 4.90 Å². The van der Waals surface area contributed by atoms with E-state index in [1.165, 1.54) is 19.4 Å². The maximum absolute atomic E-state index is 11.7. The van der Waals surface area contributed by atoms with E-state index in [4.69, 9.17) is 5.11 Å². The molecular weight excluding hydrogens is 226 g/mol. The molecule has 1 atom stereocenters. The molecule has 17 heavy (non-hydrogen) atoms. The van der Waals surface area contributed by atoms with E-state index < -0.39 is 18.0 Å². The lowest BCUT2D eigenvalue weighted by atomic mass is 10.2. The SMILES string of the molecule is CCC(C(=O)O)N(C)C(=O)Nc1nccnn1. The van der Waals surface area contributed by atoms with Crippen LogP contribution in [0.1, 0.15) is 13.3 Å². The minimum Gasteiger partial charge on any atom is -0.480 e. The van der Waals surface area contributed by atoms with Gasteiger partial charge in [0.2, 0.25) is 0 Å². The number of carbonyl (C=O) groups is 2. The number of carboxylic acids is 1. The second kappa shape index (κ2) is 5.73. The lowest BCUT2D eigenvalue weighted by Crippen LogP contribution is -2.44. The predicted octanol–water partition coefficient (Wildman–Crippen LogP) is 0.198. The Morgan fingerprint density at radius 2 is 2.24 bits per heavy atom. The van der Waals surface area contributed by atoms with E-state index >= 15 is 0 Å². The van der Waals surface area contributed by atoms with Crippen molar-refractivity contribution in [2.75, 3.05) is 12.4 Å². The molecule has 8 heteroatoms. The van der Waals surface area contributed by atoms with Gasteiger partial charge in [0.15, 0.2) is 0 Å². The van der Waals surface area contributed by atoms with Crippen LogP contribution in [0.15, 0.2) is 12.4 Å². The fourth-order valence-corrected chi connectivity index (χ4v) is 1.24. The van der Waals surface area contributed by atoms with Gasteiger partial charge in [-0.05, 0) is 6.42 Å². The summed E-state index contributed by atoms with van der Waals surface area (Å²) in [7, 11) is 1.40. The number of urea groups is 1. The zero-order valence-electron chi connectivity index (χ0n) is 9.49. The van der Waals surface area contributed by atoms with Gasteiger partial charge >= 0.3 is 12.0 Å². The zero-order chi connectivity index (χ0) is 12.8. The minimum atomic E-state index is -1.06. The molecule has 0 radical (unpaired) electrons. The fourth-order valence-electron chi connectivity index (χ4n) is 1.24. The first-order valence-electron chi connectivity index (χ1n) is 4.96. The third-order valence-corrected chi connectivity index (χ3v) is 2.16. The Morgan fingerprint density at radius 1 is 1.53 bits per heavy atom. The monoisotopic (exact) mass is 239 g/mol. The van der Waals surface area contributed by atoms with Crippen molar-refractivity contribution in [1.29, 1.82) is 0 Å². The number of amides is 2. The highest BCUT2D eigenvalue weighted by Gasteiger charge is 2.25. The van der Waals surface area contributed by atoms with Gasteiger partial charge < -0.3 is 10.0 Å². The van der Waals surface area contributed by atoms with Crippen molar-refractivity contribution in [3.05, 3.63) is 12.4 Å². The van der Waals surface area contributed by atoms with Gasteiger partial charge in [-0.25, -0.2) is 14.6 Å². The molecule has 1 aromatic heterocycles. The largest absolute Gasteiger partial charge is 0.480 e. The Bertz CT molecular complexity index is 397. The summed E-state index contributed by atoms with van der Waals surface area (Å²) in [5, 5.41) is 18.3. The molecule has 0 aliphatic carbocycles. The lowest BCUT2D eigenvalue weighted by Gasteiger charge is -2.23. The van der Waals surface area contributed by atoms with Crippen LogP contribution in [0.3, 0.4) is 0 Å². The Labute approximate surface area is 97.7 Å². The lowest BCUT2D eigenvalue weighted by molar-refractivity contribution is -0.141. The summed E-state index contributed by atoms with van der Waals surface area (Å²) in [4.78, 5) is 27.4. The van der Waals surface area contributed by atoms with Crippen LogP contribution >= 0.6 is 0 Å². The van der Waals surface area contributed by atoms with Gasteiger partial charge in [0.1, 0.15) is 6.04 Å². The van der Waals surface area contributed by atoms with Gasteiger partial charge in [0.05, 0.1) is 12.4 Å². The van der Waals surface area contributed by atoms with Gasteiger partial charge in [-0.15, -0.1) is 5.10 Å². The molecule has 2 N–H and O–H groups in total. The number of aliphatic carboxylic acids is 1. The molecule has 1 aromatic rings. The number of nitrogens with one attached hydrogen (secondary N) is 1. The predicted molar refractivity (Wildman–Crippen MR) is 58.3 cm³/mol. The van der Waals surface area contributed by atoms with Crippen LogP contribution in [0.4, 0.5) is 10.7 Å². The summed E-state index contributed by atoms with van der Waals surface area (Å²) in [6, 6.07) is -1.47. The number of rotatable bonds is 4. The molecule has 1 heterocycles. The smallest absolute Gasteiger partial charge is 0.326 e. The number of hydrogen-bond donors (Lipinski definition) is 2. The molecule has 8 nitrogen and oxygen atoms in total. The van der Waals surface area contributed by atoms with Crippen molar-refractivity contribution >= 4 is 17.9 Å². The number of aromatic nitrogens is 3. The summed E-state index contributed by atoms with van der Waals surface area (Å²) >= 11 is 0. The first-order valence-corrected chi connectivity index (χ1v) is 4.96. The summed E-state index contributed by atoms with van der Waals surface area (Å²) in [6.45, 7) is 1.68. The summed E-state index contributed by atoms with van der Waals surface area (Å²) in [5.74, 6) is -1.03. The normalized spacial score (nSPS) is 11.6. The van der Waals surface area contributed by atoms with Crippen LogP contribution in [-0.2, 0) is 4.79 Å². The highest BCUT2D eigenvalue weighted by molar-refractivity contribution is 5.90. The van der Waals surface area contributed by atoms with E-state index in [1.807, 2.05) is 0 Å². The second-order valence-corrected chi connectivity index (χ2v) is 3.27. The molecule has 1 unspecified atom stereocenters. The summed E-state index contributed by atoms with van der Waals surface area (Å²) < 4.78 is 0. The van der Waals surface area contributed by atoms with Crippen LogP contribution < -0.4 is 5.32 Å². The maximum atomic E-state index is 11.7. The molecule has 2 amide bonds. The van der Waals surface area contributed by atoms with Gasteiger partial charge in [-0.3, -0.25) is 5.32 Å². The van der Waals surface area contributed by atoms with Crippen LogP contribution in [0.5, 0.6) is 0 Å². The number of anilines is 1. The fraction of sp³-hybridized carbons (Fsp3) is 0.444. The van der Waals surface area contributed by atoms with Gasteiger partial charge in [-0.2, -0.15) is 5.10 Å². The zero-order valence-corrected chi connectivity index (χ0v) is 9.49. The molecular formula is C9H13N5O3. The molecule has 0 spiro atoms. The quantitative estimate of drug-likeness (QED) is 0.776. The number of likely N-dealkylation sites (N-methyl/N-ethyl adjacent to an activating group) is 1. The van der Waals surface area contributed by atoms with Crippen molar-refractivity contribution in [3.63, 3.8) is 0 Å². The molecule has 1 rings (SSSR count). The molecule has 92 valence electrons. The minimum absolute atomic E-state index is 0.0320. The molecule has 0 saturated heterocycles. The maximum Gasteiger partial charge on any atom is 0.326 e. The standard InChI is InChI=1S/C9H13N5O3/c1-3-6(7(15)16)14(2)9(17)12-8-10-4-5-11-13-8/h4-6H,3H2,1-2H3,(H,15,16)(H,10,12,13,17). The van der Waals surface area contributed by atoms with Crippen molar-refractivity contribution in [2.24, 2.45) is 0 Å². The van der Waals surface area contributed by atoms with Crippen LogP contribution in [0.25, 0.3) is 0 Å². The molecule has 0 bridgehead atoms. The Hall–Kier alpha value is -2.25. The second-order valence-electron chi connectivity index (χ2n) is 3.27. The Morgan fingerprint density at radius 3 is 2.71 bits per heavy atom. The van der Waals surface area contributed by atoms with Crippen LogP contribution in [0, 0.1) is 0 Å². The topological polar surface area (TPSA) is 108 Å². The molecule has 0 saturated carbocycles. The molecule has 0 fully saturated rings. The van der Waals surface area contributed by atoms with E-state index in [1.54, 1.807) is 6.92 Å². The summed E-state index contributed by atoms with van der Waals surface area (Å²) in [5.41, 5.74) is 0. The van der Waals surface area contributed by atoms with Crippen LogP contribution in [0.2, 0.25) is 0 Å². The van der Waals surface area contributed by atoms with Crippen LogP contribution in [-0.4, -0.2) is 50.3 Å². The van der Waals surface area contributed by atoms with Crippen molar-refractivity contribution in [3.8, 4) is 0 Å². The van der Waals surface area contributed by atoms with E-state index in [2.05, 4.69) is 20.5 Å². The molecule has 0 aliphatic rings.